The molecule has 1 rings (SSSR count). The molecule has 0 aliphatic rings. The number of nitrogens with zero attached hydrogens (tertiary/aromatic N) is 2. The van der Waals surface area contributed by atoms with Crippen LogP contribution in [0.15, 0.2) is 22.2 Å². The molecule has 0 aliphatic heterocycles. The lowest BCUT2D eigenvalue weighted by atomic mass is 10.6. The molecule has 0 saturated carbocycles. The Morgan fingerprint density at radius 1 is 1.56 bits per heavy atom. The van der Waals surface area contributed by atoms with Crippen molar-refractivity contribution in [1.82, 2.24) is 9.55 Å². The highest BCUT2D eigenvalue weighted by atomic mass is 32.2. The summed E-state index contributed by atoms with van der Waals surface area (Å²) in [7, 11) is 0. The molecule has 5 nitrogen and oxygen atoms in total. The number of hydrogen-bond acceptors (Lipinski definition) is 5. The number of aryl methyl sites for hydroxylation is 1. The van der Waals surface area contributed by atoms with Crippen LogP contribution in [-0.4, -0.2) is 27.9 Å². The van der Waals surface area contributed by atoms with Gasteiger partial charge in [0.25, 0.3) is 5.56 Å². The van der Waals surface area contributed by atoms with E-state index >= 15 is 0 Å². The van der Waals surface area contributed by atoms with Gasteiger partial charge in [-0.3, -0.25) is 9.59 Å². The maximum atomic E-state index is 11.7. The molecule has 0 amide bonds. The van der Waals surface area contributed by atoms with Crippen LogP contribution >= 0.6 is 11.8 Å². The van der Waals surface area contributed by atoms with E-state index in [1.54, 1.807) is 23.9 Å². The lowest BCUT2D eigenvalue weighted by Gasteiger charge is -2.04. The second kappa shape index (κ2) is 6.32. The zero-order valence-corrected chi connectivity index (χ0v) is 10.1. The predicted octanol–water partition coefficient (Wildman–Crippen LogP) is 0.918. The quantitative estimate of drug-likeness (QED) is 0.567. The van der Waals surface area contributed by atoms with Gasteiger partial charge in [0.1, 0.15) is 0 Å². The maximum Gasteiger partial charge on any atom is 0.316 e. The van der Waals surface area contributed by atoms with Gasteiger partial charge >= 0.3 is 5.97 Å². The van der Waals surface area contributed by atoms with Crippen LogP contribution in [0.2, 0.25) is 0 Å². The van der Waals surface area contributed by atoms with Crippen LogP contribution in [0, 0.1) is 0 Å². The summed E-state index contributed by atoms with van der Waals surface area (Å²) in [5, 5.41) is 0.331. The van der Waals surface area contributed by atoms with E-state index in [1.165, 1.54) is 0 Å². The van der Waals surface area contributed by atoms with Crippen LogP contribution in [0.5, 0.6) is 0 Å². The van der Waals surface area contributed by atoms with Gasteiger partial charge in [0.15, 0.2) is 5.03 Å². The first-order valence-electron chi connectivity index (χ1n) is 5.02. The third-order valence-electron chi connectivity index (χ3n) is 1.85. The highest BCUT2D eigenvalue weighted by Crippen LogP contribution is 2.09. The molecule has 0 aliphatic carbocycles. The van der Waals surface area contributed by atoms with Crippen molar-refractivity contribution >= 4 is 17.7 Å². The summed E-state index contributed by atoms with van der Waals surface area (Å²) in [6.07, 6.45) is 3.18. The first-order valence-corrected chi connectivity index (χ1v) is 6.01. The molecule has 16 heavy (non-hydrogen) atoms. The zero-order valence-electron chi connectivity index (χ0n) is 9.30. The molecule has 0 fully saturated rings. The second-order valence-electron chi connectivity index (χ2n) is 2.92. The van der Waals surface area contributed by atoms with Gasteiger partial charge in [0.2, 0.25) is 0 Å². The Morgan fingerprint density at radius 3 is 2.94 bits per heavy atom. The third kappa shape index (κ3) is 3.37. The molecule has 0 radical (unpaired) electrons. The van der Waals surface area contributed by atoms with Gasteiger partial charge in [-0.2, -0.15) is 0 Å². The van der Waals surface area contributed by atoms with Crippen LogP contribution in [0.3, 0.4) is 0 Å². The van der Waals surface area contributed by atoms with E-state index in [2.05, 4.69) is 4.98 Å². The van der Waals surface area contributed by atoms with E-state index in [0.717, 1.165) is 11.8 Å². The van der Waals surface area contributed by atoms with E-state index in [-0.39, 0.29) is 17.3 Å². The minimum absolute atomic E-state index is 0.115. The molecule has 0 bridgehead atoms. The Labute approximate surface area is 97.8 Å². The fourth-order valence-electron chi connectivity index (χ4n) is 1.11. The van der Waals surface area contributed by atoms with Crippen molar-refractivity contribution in [2.75, 3.05) is 12.4 Å². The van der Waals surface area contributed by atoms with Gasteiger partial charge in [0, 0.05) is 18.9 Å². The predicted molar refractivity (Wildman–Crippen MR) is 61.5 cm³/mol. The standard InChI is InChI=1S/C10H14N2O3S/c1-3-12-6-5-11-9(10(12)14)16-7-8(13)15-4-2/h5-6H,3-4,7H2,1-2H3. The lowest BCUT2D eigenvalue weighted by molar-refractivity contribution is -0.139. The SMILES string of the molecule is CCOC(=O)CSc1nccn(CC)c1=O. The summed E-state index contributed by atoms with van der Waals surface area (Å²) in [4.78, 5) is 26.7. The summed E-state index contributed by atoms with van der Waals surface area (Å²) in [6.45, 7) is 4.56. The molecule has 6 heteroatoms. The molecule has 0 spiro atoms. The number of esters is 1. The minimum Gasteiger partial charge on any atom is -0.465 e. The molecule has 0 aromatic carbocycles. The van der Waals surface area contributed by atoms with Gasteiger partial charge in [-0.05, 0) is 13.8 Å². The Bertz CT molecular complexity index is 417. The van der Waals surface area contributed by atoms with Crippen molar-refractivity contribution in [1.29, 1.82) is 0 Å². The average Bonchev–Trinajstić information content (AvgIpc) is 2.28. The Balaban J connectivity index is 2.67. The molecule has 1 heterocycles. The highest BCUT2D eigenvalue weighted by molar-refractivity contribution is 7.99. The third-order valence-corrected chi connectivity index (χ3v) is 2.79. The minimum atomic E-state index is -0.333. The van der Waals surface area contributed by atoms with Gasteiger partial charge in [0.05, 0.1) is 12.4 Å². The van der Waals surface area contributed by atoms with Gasteiger partial charge < -0.3 is 9.30 Å². The molecule has 1 aromatic heterocycles. The Kier molecular flexibility index (Phi) is 5.04. The number of rotatable bonds is 5. The molecule has 88 valence electrons. The van der Waals surface area contributed by atoms with E-state index in [4.69, 9.17) is 4.74 Å². The number of ether oxygens (including phenoxy) is 1. The molecule has 0 unspecified atom stereocenters. The van der Waals surface area contributed by atoms with Crippen LogP contribution < -0.4 is 5.56 Å². The van der Waals surface area contributed by atoms with Crippen LogP contribution in [0.1, 0.15) is 13.8 Å². The van der Waals surface area contributed by atoms with Crippen molar-refractivity contribution in [3.05, 3.63) is 22.7 Å². The molecular formula is C10H14N2O3S. The summed E-state index contributed by atoms with van der Waals surface area (Å²) in [5.74, 6) is -0.218. The first-order chi connectivity index (χ1) is 7.69. The van der Waals surface area contributed by atoms with E-state index in [0.29, 0.717) is 18.2 Å². The number of carbonyl (C=O) groups is 1. The lowest BCUT2D eigenvalue weighted by Crippen LogP contribution is -2.21. The molecule has 0 atom stereocenters. The van der Waals surface area contributed by atoms with Crippen molar-refractivity contribution in [2.45, 2.75) is 25.4 Å². The maximum absolute atomic E-state index is 11.7. The van der Waals surface area contributed by atoms with E-state index < -0.39 is 0 Å². The molecular weight excluding hydrogens is 228 g/mol. The number of hydrogen-bond donors (Lipinski definition) is 0. The number of thioether (sulfide) groups is 1. The van der Waals surface area contributed by atoms with Crippen molar-refractivity contribution < 1.29 is 9.53 Å². The van der Waals surface area contributed by atoms with Gasteiger partial charge in [-0.25, -0.2) is 4.98 Å². The Hall–Kier alpha value is -1.30. The molecule has 0 N–H and O–H groups in total. The molecule has 1 aromatic rings. The monoisotopic (exact) mass is 242 g/mol. The van der Waals surface area contributed by atoms with Crippen LogP contribution in [0.4, 0.5) is 0 Å². The molecule has 0 saturated heterocycles. The summed E-state index contributed by atoms with van der Waals surface area (Å²) >= 11 is 1.11. The largest absolute Gasteiger partial charge is 0.465 e. The second-order valence-corrected chi connectivity index (χ2v) is 3.88. The summed E-state index contributed by atoms with van der Waals surface area (Å²) in [5.41, 5.74) is -0.167. The van der Waals surface area contributed by atoms with Gasteiger partial charge in [-0.1, -0.05) is 11.8 Å². The van der Waals surface area contributed by atoms with E-state index in [1.807, 2.05) is 6.92 Å². The summed E-state index contributed by atoms with van der Waals surface area (Å²) < 4.78 is 6.31. The fourth-order valence-corrected chi connectivity index (χ4v) is 1.82. The van der Waals surface area contributed by atoms with Crippen LogP contribution in [-0.2, 0) is 16.1 Å². The average molecular weight is 242 g/mol. The van der Waals surface area contributed by atoms with Crippen molar-refractivity contribution in [3.8, 4) is 0 Å². The summed E-state index contributed by atoms with van der Waals surface area (Å²) in [6, 6.07) is 0. The highest BCUT2D eigenvalue weighted by Gasteiger charge is 2.08. The normalized spacial score (nSPS) is 10.1. The Morgan fingerprint density at radius 2 is 2.31 bits per heavy atom. The van der Waals surface area contributed by atoms with E-state index in [9.17, 15) is 9.59 Å². The fraction of sp³-hybridized carbons (Fsp3) is 0.500. The number of carbonyl (C=O) groups excluding carboxylic acids is 1. The number of aromatic nitrogens is 2. The topological polar surface area (TPSA) is 61.2 Å². The van der Waals surface area contributed by atoms with Crippen LogP contribution in [0.25, 0.3) is 0 Å². The van der Waals surface area contributed by atoms with Crippen molar-refractivity contribution in [2.24, 2.45) is 0 Å². The smallest absolute Gasteiger partial charge is 0.316 e. The zero-order chi connectivity index (χ0) is 12.0. The van der Waals surface area contributed by atoms with Gasteiger partial charge in [-0.15, -0.1) is 0 Å². The first kappa shape index (κ1) is 12.8. The van der Waals surface area contributed by atoms with Crippen molar-refractivity contribution in [3.63, 3.8) is 0 Å².